The average molecular weight is 409 g/mol. The molecule has 1 atom stereocenters. The normalized spacial score (nSPS) is 17.2. The number of piperidine rings is 1. The molecule has 1 aliphatic heterocycles. The Kier molecular flexibility index (Phi) is 6.60. The number of hydrogen-bond donors (Lipinski definition) is 0. The summed E-state index contributed by atoms with van der Waals surface area (Å²) in [6.07, 6.45) is 3.85. The van der Waals surface area contributed by atoms with Crippen molar-refractivity contribution in [2.45, 2.75) is 32.6 Å². The highest BCUT2D eigenvalue weighted by atomic mass is 35.5. The van der Waals surface area contributed by atoms with Crippen molar-refractivity contribution in [3.8, 4) is 11.5 Å². The number of ether oxygens (including phenoxy) is 2. The van der Waals surface area contributed by atoms with Gasteiger partial charge in [0.15, 0.2) is 11.5 Å². The maximum atomic E-state index is 13.1. The number of hydrogen-bond acceptors (Lipinski definition) is 5. The number of methoxy groups -OCH3 is 1. The molecule has 1 unspecified atom stereocenters. The van der Waals surface area contributed by atoms with Gasteiger partial charge in [-0.3, -0.25) is 4.79 Å². The molecule has 0 spiro atoms. The predicted molar refractivity (Wildman–Crippen MR) is 108 cm³/mol. The Morgan fingerprint density at radius 1 is 1.44 bits per heavy atom. The summed E-state index contributed by atoms with van der Waals surface area (Å²) in [5.74, 6) is 1.60. The van der Waals surface area contributed by atoms with Gasteiger partial charge in [0.2, 0.25) is 0 Å². The SMILES string of the molecule is COc1cc(C(=O)N2CCCC(c3nccs3)C2)cc(Cl)c1OCC(C)C. The molecule has 1 aliphatic rings. The first-order chi connectivity index (χ1) is 13.0. The van der Waals surface area contributed by atoms with E-state index in [4.69, 9.17) is 21.1 Å². The van der Waals surface area contributed by atoms with Crippen LogP contribution >= 0.6 is 22.9 Å². The Morgan fingerprint density at radius 2 is 2.26 bits per heavy atom. The quantitative estimate of drug-likeness (QED) is 0.684. The molecule has 7 heteroatoms. The number of thiazole rings is 1. The standard InChI is InChI=1S/C20H25ClN2O3S/c1-13(2)12-26-18-16(21)9-15(10-17(18)25-3)20(24)23-7-4-5-14(11-23)19-22-6-8-27-19/h6,8-10,13-14H,4-5,7,11-12H2,1-3H3. The molecule has 1 saturated heterocycles. The molecular formula is C20H25ClN2O3S. The molecular weight excluding hydrogens is 384 g/mol. The summed E-state index contributed by atoms with van der Waals surface area (Å²) >= 11 is 8.06. The van der Waals surface area contributed by atoms with Gasteiger partial charge in [0.25, 0.3) is 5.91 Å². The molecule has 0 aliphatic carbocycles. The van der Waals surface area contributed by atoms with E-state index in [9.17, 15) is 4.79 Å². The first-order valence-corrected chi connectivity index (χ1v) is 10.4. The number of carbonyl (C=O) groups excluding carboxylic acids is 1. The molecule has 0 saturated carbocycles. The van der Waals surface area contributed by atoms with Crippen LogP contribution in [-0.4, -0.2) is 42.6 Å². The Labute approximate surface area is 169 Å². The number of likely N-dealkylation sites (tertiary alicyclic amines) is 1. The lowest BCUT2D eigenvalue weighted by molar-refractivity contribution is 0.0706. The first kappa shape index (κ1) is 20.0. The lowest BCUT2D eigenvalue weighted by Crippen LogP contribution is -2.39. The fourth-order valence-electron chi connectivity index (χ4n) is 3.22. The number of rotatable bonds is 6. The van der Waals surface area contributed by atoms with Crippen LogP contribution in [0, 0.1) is 5.92 Å². The molecule has 5 nitrogen and oxygen atoms in total. The molecule has 1 aromatic heterocycles. The monoisotopic (exact) mass is 408 g/mol. The second-order valence-electron chi connectivity index (χ2n) is 7.15. The van der Waals surface area contributed by atoms with E-state index >= 15 is 0 Å². The zero-order chi connectivity index (χ0) is 19.4. The van der Waals surface area contributed by atoms with Gasteiger partial charge in [-0.2, -0.15) is 0 Å². The van der Waals surface area contributed by atoms with Gasteiger partial charge in [-0.15, -0.1) is 11.3 Å². The van der Waals surface area contributed by atoms with Gasteiger partial charge in [-0.1, -0.05) is 25.4 Å². The highest BCUT2D eigenvalue weighted by Gasteiger charge is 2.28. The van der Waals surface area contributed by atoms with Crippen molar-refractivity contribution >= 4 is 28.8 Å². The third-order valence-electron chi connectivity index (χ3n) is 4.55. The first-order valence-electron chi connectivity index (χ1n) is 9.18. The summed E-state index contributed by atoms with van der Waals surface area (Å²) in [7, 11) is 1.56. The minimum absolute atomic E-state index is 0.0353. The van der Waals surface area contributed by atoms with E-state index in [1.807, 2.05) is 16.5 Å². The van der Waals surface area contributed by atoms with Gasteiger partial charge >= 0.3 is 0 Å². The van der Waals surface area contributed by atoms with Gasteiger partial charge < -0.3 is 14.4 Å². The van der Waals surface area contributed by atoms with Crippen LogP contribution in [0.1, 0.15) is 48.0 Å². The third-order valence-corrected chi connectivity index (χ3v) is 5.77. The van der Waals surface area contributed by atoms with Crippen LogP contribution in [-0.2, 0) is 0 Å². The number of benzene rings is 1. The van der Waals surface area contributed by atoms with Crippen LogP contribution < -0.4 is 9.47 Å². The molecule has 1 amide bonds. The zero-order valence-electron chi connectivity index (χ0n) is 15.9. The summed E-state index contributed by atoms with van der Waals surface area (Å²) < 4.78 is 11.2. The molecule has 0 N–H and O–H groups in total. The molecule has 1 aromatic carbocycles. The second-order valence-corrected chi connectivity index (χ2v) is 8.49. The molecule has 1 fully saturated rings. The number of carbonyl (C=O) groups is 1. The number of aromatic nitrogens is 1. The average Bonchev–Trinajstić information content (AvgIpc) is 3.20. The summed E-state index contributed by atoms with van der Waals surface area (Å²) in [4.78, 5) is 19.4. The van der Waals surface area contributed by atoms with Crippen molar-refractivity contribution in [1.29, 1.82) is 0 Å². The van der Waals surface area contributed by atoms with E-state index in [1.165, 1.54) is 0 Å². The Hall–Kier alpha value is -1.79. The van der Waals surface area contributed by atoms with Crippen molar-refractivity contribution in [2.75, 3.05) is 26.8 Å². The second kappa shape index (κ2) is 8.93. The van der Waals surface area contributed by atoms with Crippen LogP contribution in [0.15, 0.2) is 23.7 Å². The van der Waals surface area contributed by atoms with E-state index in [0.29, 0.717) is 47.1 Å². The fraction of sp³-hybridized carbons (Fsp3) is 0.500. The van der Waals surface area contributed by atoms with Crippen molar-refractivity contribution in [2.24, 2.45) is 5.92 Å². The highest BCUT2D eigenvalue weighted by molar-refractivity contribution is 7.09. The molecule has 2 heterocycles. The van der Waals surface area contributed by atoms with Gasteiger partial charge in [0.05, 0.1) is 23.7 Å². The Bertz CT molecular complexity index is 780. The minimum Gasteiger partial charge on any atom is -0.493 e. The van der Waals surface area contributed by atoms with Crippen molar-refractivity contribution in [3.05, 3.63) is 39.3 Å². The molecule has 0 bridgehead atoms. The summed E-state index contributed by atoms with van der Waals surface area (Å²) in [6, 6.07) is 3.39. The summed E-state index contributed by atoms with van der Waals surface area (Å²) in [5, 5.41) is 3.48. The molecule has 27 heavy (non-hydrogen) atoms. The largest absolute Gasteiger partial charge is 0.493 e. The molecule has 3 rings (SSSR count). The van der Waals surface area contributed by atoms with E-state index in [-0.39, 0.29) is 5.91 Å². The number of amides is 1. The van der Waals surface area contributed by atoms with Gasteiger partial charge in [0.1, 0.15) is 0 Å². The van der Waals surface area contributed by atoms with Crippen molar-refractivity contribution in [1.82, 2.24) is 9.88 Å². The van der Waals surface area contributed by atoms with E-state index in [1.54, 1.807) is 30.6 Å². The number of nitrogens with zero attached hydrogens (tertiary/aromatic N) is 2. The van der Waals surface area contributed by atoms with Crippen LogP contribution in [0.4, 0.5) is 0 Å². The molecule has 2 aromatic rings. The lowest BCUT2D eigenvalue weighted by Gasteiger charge is -2.32. The molecule has 0 radical (unpaired) electrons. The minimum atomic E-state index is -0.0353. The van der Waals surface area contributed by atoms with Gasteiger partial charge in [-0.25, -0.2) is 4.98 Å². The topological polar surface area (TPSA) is 51.7 Å². The predicted octanol–water partition coefficient (Wildman–Crippen LogP) is 4.86. The van der Waals surface area contributed by atoms with Crippen molar-refractivity contribution < 1.29 is 14.3 Å². The van der Waals surface area contributed by atoms with Crippen molar-refractivity contribution in [3.63, 3.8) is 0 Å². The summed E-state index contributed by atoms with van der Waals surface area (Å²) in [5.41, 5.74) is 0.522. The van der Waals surface area contributed by atoms with Crippen LogP contribution in [0.2, 0.25) is 5.02 Å². The highest BCUT2D eigenvalue weighted by Crippen LogP contribution is 2.37. The zero-order valence-corrected chi connectivity index (χ0v) is 17.5. The summed E-state index contributed by atoms with van der Waals surface area (Å²) in [6.45, 7) is 6.08. The van der Waals surface area contributed by atoms with Gasteiger partial charge in [-0.05, 0) is 30.9 Å². The Balaban J connectivity index is 1.78. The maximum absolute atomic E-state index is 13.1. The molecule has 146 valence electrons. The van der Waals surface area contributed by atoms with Crippen LogP contribution in [0.5, 0.6) is 11.5 Å². The van der Waals surface area contributed by atoms with Crippen LogP contribution in [0.25, 0.3) is 0 Å². The fourth-order valence-corrected chi connectivity index (χ4v) is 4.25. The van der Waals surface area contributed by atoms with E-state index < -0.39 is 0 Å². The van der Waals surface area contributed by atoms with Crippen LogP contribution in [0.3, 0.4) is 0 Å². The number of halogens is 1. The van der Waals surface area contributed by atoms with Gasteiger partial charge in [0, 0.05) is 36.1 Å². The maximum Gasteiger partial charge on any atom is 0.254 e. The lowest BCUT2D eigenvalue weighted by atomic mass is 9.98. The van der Waals surface area contributed by atoms with E-state index in [0.717, 1.165) is 24.4 Å². The van der Waals surface area contributed by atoms with E-state index in [2.05, 4.69) is 18.8 Å². The Morgan fingerprint density at radius 3 is 2.93 bits per heavy atom. The smallest absolute Gasteiger partial charge is 0.254 e. The third kappa shape index (κ3) is 4.74.